The lowest BCUT2D eigenvalue weighted by Crippen LogP contribution is -2.75. The van der Waals surface area contributed by atoms with E-state index in [2.05, 4.69) is 5.32 Å². The van der Waals surface area contributed by atoms with Crippen LogP contribution >= 0.6 is 0 Å². The van der Waals surface area contributed by atoms with Crippen LogP contribution in [0.3, 0.4) is 0 Å². The first kappa shape index (κ1) is 41.3. The van der Waals surface area contributed by atoms with Crippen molar-refractivity contribution < 1.29 is 63.3 Å². The maximum absolute atomic E-state index is 14.8. The zero-order valence-corrected chi connectivity index (χ0v) is 32.5. The SMILES string of the molecule is CC(=O)O[C@@]1(C)CC[C@H](O)[C@@]2(C)C(=O)[C@H](O)C3=C(C)[C@@H](OC(=O)C(O)C(NC(=O)OC(C)(C)C)C4CC4)C[C@@](O)([C@@H](OC(=O)c4ccccc4)[C@@H]21)C3(C)C. The summed E-state index contributed by atoms with van der Waals surface area (Å²) in [7, 11) is 0. The van der Waals surface area contributed by atoms with Gasteiger partial charge in [-0.2, -0.15) is 0 Å². The zero-order valence-electron chi connectivity index (χ0n) is 32.5. The zero-order chi connectivity index (χ0) is 40.3. The number of Topliss-reactive ketones (excluding diaryl/α,β-unsaturated/α-hetero) is 1. The molecule has 54 heavy (non-hydrogen) atoms. The molecule has 2 unspecified atom stereocenters. The van der Waals surface area contributed by atoms with Gasteiger partial charge in [0.05, 0.1) is 29.0 Å². The van der Waals surface area contributed by atoms with Crippen LogP contribution < -0.4 is 5.32 Å². The van der Waals surface area contributed by atoms with Crippen molar-refractivity contribution >= 4 is 29.8 Å². The number of amides is 1. The van der Waals surface area contributed by atoms with Crippen molar-refractivity contribution in [2.75, 3.05) is 0 Å². The van der Waals surface area contributed by atoms with Gasteiger partial charge in [0.15, 0.2) is 11.9 Å². The number of hydrogen-bond acceptors (Lipinski definition) is 13. The Balaban J connectivity index is 1.64. The van der Waals surface area contributed by atoms with Crippen LogP contribution in [0.4, 0.5) is 4.79 Å². The van der Waals surface area contributed by atoms with E-state index < -0.39 is 106 Å². The lowest BCUT2D eigenvalue weighted by Gasteiger charge is -2.63. The van der Waals surface area contributed by atoms with E-state index in [-0.39, 0.29) is 35.5 Å². The Hall–Kier alpha value is -3.85. The standard InChI is InChI=1S/C40H55NO13/c1-20-24(51-34(48)29(45)27(22-15-16-22)41-35(49)54-36(3,4)5)19-40(50)32(52-33(47)23-13-11-10-12-14-23)30-38(8,53-21(2)42)18-17-25(43)39(30,9)31(46)28(44)26(20)37(40,6)7/h10-14,22,24-25,27-30,32,43-45,50H,15-19H2,1-9H3,(H,41,49)/t24-,25-,27?,28+,29?,30+,32-,38-,39+,40+/m0/s1. The van der Waals surface area contributed by atoms with E-state index in [4.69, 9.17) is 18.9 Å². The second-order valence-corrected chi connectivity index (χ2v) is 17.4. The molecular formula is C40H55NO13. The van der Waals surface area contributed by atoms with Crippen molar-refractivity contribution in [3.8, 4) is 0 Å². The van der Waals surface area contributed by atoms with Crippen LogP contribution in [-0.4, -0.2) is 104 Å². The highest BCUT2D eigenvalue weighted by atomic mass is 16.6. The van der Waals surface area contributed by atoms with Crippen molar-refractivity contribution in [3.63, 3.8) is 0 Å². The van der Waals surface area contributed by atoms with Gasteiger partial charge in [0, 0.05) is 18.8 Å². The second kappa shape index (κ2) is 14.3. The van der Waals surface area contributed by atoms with E-state index in [0.29, 0.717) is 12.8 Å². The van der Waals surface area contributed by atoms with Gasteiger partial charge in [-0.15, -0.1) is 0 Å². The molecule has 10 atom stereocenters. The fourth-order valence-electron chi connectivity index (χ4n) is 9.20. The van der Waals surface area contributed by atoms with Crippen LogP contribution in [0.1, 0.15) is 105 Å². The molecule has 3 fully saturated rings. The minimum Gasteiger partial charge on any atom is -0.459 e. The summed E-state index contributed by atoms with van der Waals surface area (Å²) in [6.07, 6.45) is -8.41. The lowest BCUT2D eigenvalue weighted by molar-refractivity contribution is -0.259. The van der Waals surface area contributed by atoms with Gasteiger partial charge in [0.1, 0.15) is 35.1 Å². The molecule has 14 heteroatoms. The minimum absolute atomic E-state index is 0.00675. The average molecular weight is 758 g/mol. The van der Waals surface area contributed by atoms with E-state index in [1.165, 1.54) is 32.9 Å². The number of ketones is 1. The predicted molar refractivity (Wildman–Crippen MR) is 191 cm³/mol. The lowest BCUT2D eigenvalue weighted by atomic mass is 9.46. The van der Waals surface area contributed by atoms with Gasteiger partial charge in [-0.05, 0) is 96.4 Å². The highest BCUT2D eigenvalue weighted by Crippen LogP contribution is 2.62. The van der Waals surface area contributed by atoms with Gasteiger partial charge in [-0.1, -0.05) is 32.0 Å². The molecule has 5 N–H and O–H groups in total. The Bertz CT molecular complexity index is 1700. The third-order valence-electron chi connectivity index (χ3n) is 12.2. The summed E-state index contributed by atoms with van der Waals surface area (Å²) in [5.74, 6) is -5.30. The Kier molecular flexibility index (Phi) is 11.0. The molecule has 14 nitrogen and oxygen atoms in total. The predicted octanol–water partition coefficient (Wildman–Crippen LogP) is 3.31. The molecule has 3 saturated carbocycles. The normalized spacial score (nSPS) is 34.6. The van der Waals surface area contributed by atoms with Crippen LogP contribution in [0.2, 0.25) is 0 Å². The Morgan fingerprint density at radius 3 is 2.13 bits per heavy atom. The number of rotatable bonds is 8. The largest absolute Gasteiger partial charge is 0.459 e. The number of esters is 3. The van der Waals surface area contributed by atoms with Crippen LogP contribution in [0, 0.1) is 22.7 Å². The molecule has 0 aromatic heterocycles. The van der Waals surface area contributed by atoms with Crippen molar-refractivity contribution in [2.24, 2.45) is 22.7 Å². The number of carbonyl (C=O) groups excluding carboxylic acids is 5. The molecule has 2 bridgehead atoms. The average Bonchev–Trinajstić information content (AvgIpc) is 3.91. The Morgan fingerprint density at radius 1 is 0.963 bits per heavy atom. The molecule has 298 valence electrons. The summed E-state index contributed by atoms with van der Waals surface area (Å²) < 4.78 is 23.5. The molecule has 5 rings (SSSR count). The van der Waals surface area contributed by atoms with Crippen molar-refractivity contribution in [2.45, 2.75) is 148 Å². The Labute approximate surface area is 315 Å². The van der Waals surface area contributed by atoms with Gasteiger partial charge in [-0.3, -0.25) is 9.59 Å². The summed E-state index contributed by atoms with van der Waals surface area (Å²) in [5, 5.41) is 50.9. The second-order valence-electron chi connectivity index (χ2n) is 17.4. The smallest absolute Gasteiger partial charge is 0.407 e. The van der Waals surface area contributed by atoms with Gasteiger partial charge in [0.25, 0.3) is 0 Å². The number of benzene rings is 1. The fraction of sp³-hybridized carbons (Fsp3) is 0.675. The Morgan fingerprint density at radius 2 is 1.57 bits per heavy atom. The van der Waals surface area contributed by atoms with Crippen LogP contribution in [0.15, 0.2) is 41.5 Å². The number of fused-ring (bicyclic) bond motifs is 3. The van der Waals surface area contributed by atoms with Gasteiger partial charge >= 0.3 is 24.0 Å². The first-order valence-corrected chi connectivity index (χ1v) is 18.6. The number of hydrogen-bond donors (Lipinski definition) is 5. The molecule has 4 aliphatic rings. The quantitative estimate of drug-likeness (QED) is 0.146. The fourth-order valence-corrected chi connectivity index (χ4v) is 9.20. The first-order chi connectivity index (χ1) is 24.9. The van der Waals surface area contributed by atoms with E-state index in [9.17, 15) is 44.4 Å². The summed E-state index contributed by atoms with van der Waals surface area (Å²) in [4.78, 5) is 67.9. The number of aliphatic hydroxyl groups excluding tert-OH is 3. The molecule has 0 radical (unpaired) electrons. The number of aliphatic hydroxyl groups is 4. The van der Waals surface area contributed by atoms with Crippen LogP contribution in [-0.2, 0) is 33.3 Å². The number of nitrogens with one attached hydrogen (secondary N) is 1. The summed E-state index contributed by atoms with van der Waals surface area (Å²) in [5.41, 5.74) is -7.97. The molecule has 0 heterocycles. The molecule has 0 spiro atoms. The highest BCUT2D eigenvalue weighted by Gasteiger charge is 2.73. The molecule has 0 aliphatic heterocycles. The van der Waals surface area contributed by atoms with Crippen molar-refractivity contribution in [1.82, 2.24) is 5.32 Å². The number of alkyl carbamates (subject to hydrolysis) is 1. The molecule has 1 aromatic rings. The monoisotopic (exact) mass is 757 g/mol. The minimum atomic E-state index is -2.28. The van der Waals surface area contributed by atoms with Crippen molar-refractivity contribution in [1.29, 1.82) is 0 Å². The summed E-state index contributed by atoms with van der Waals surface area (Å²) >= 11 is 0. The van der Waals surface area contributed by atoms with Gasteiger partial charge in [-0.25, -0.2) is 14.4 Å². The maximum atomic E-state index is 14.8. The first-order valence-electron chi connectivity index (χ1n) is 18.6. The van der Waals surface area contributed by atoms with E-state index in [0.717, 1.165) is 0 Å². The summed E-state index contributed by atoms with van der Waals surface area (Å²) in [6.45, 7) is 13.8. The highest BCUT2D eigenvalue weighted by molar-refractivity contribution is 5.94. The number of ether oxygens (including phenoxy) is 4. The van der Waals surface area contributed by atoms with E-state index in [1.807, 2.05) is 0 Å². The molecule has 1 amide bonds. The number of carbonyl (C=O) groups is 5. The van der Waals surface area contributed by atoms with Gasteiger partial charge in [0.2, 0.25) is 0 Å². The molecule has 0 saturated heterocycles. The summed E-state index contributed by atoms with van der Waals surface area (Å²) in [6, 6.07) is 6.86. The molecule has 1 aromatic carbocycles. The molecule has 4 aliphatic carbocycles. The van der Waals surface area contributed by atoms with Gasteiger partial charge < -0.3 is 44.7 Å². The van der Waals surface area contributed by atoms with Crippen LogP contribution in [0.25, 0.3) is 0 Å². The van der Waals surface area contributed by atoms with E-state index in [1.54, 1.807) is 59.7 Å². The maximum Gasteiger partial charge on any atom is 0.407 e. The van der Waals surface area contributed by atoms with Crippen molar-refractivity contribution in [3.05, 3.63) is 47.0 Å². The van der Waals surface area contributed by atoms with E-state index >= 15 is 0 Å². The molecular weight excluding hydrogens is 702 g/mol. The third-order valence-corrected chi connectivity index (χ3v) is 12.2. The topological polar surface area (TPSA) is 215 Å². The third kappa shape index (κ3) is 7.29. The van der Waals surface area contributed by atoms with Crippen LogP contribution in [0.5, 0.6) is 0 Å².